The van der Waals surface area contributed by atoms with E-state index in [1.165, 1.54) is 32.2 Å². The van der Waals surface area contributed by atoms with E-state index >= 15 is 0 Å². The smallest absolute Gasteiger partial charge is 0.317 e. The molecule has 7 amide bonds. The number of amides is 7. The lowest BCUT2D eigenvalue weighted by Crippen LogP contribution is -2.47. The van der Waals surface area contributed by atoms with Crippen LogP contribution in [-0.2, 0) is 59.4 Å². The topological polar surface area (TPSA) is 385 Å². The Labute approximate surface area is 481 Å². The number of carbonyl (C=O) groups excluding carboxylic acids is 9. The number of methoxy groups -OCH3 is 1. The van der Waals surface area contributed by atoms with Crippen molar-refractivity contribution in [3.63, 3.8) is 0 Å². The highest BCUT2D eigenvalue weighted by atomic mass is 32.2. The van der Waals surface area contributed by atoms with E-state index in [9.17, 15) is 53.1 Å². The van der Waals surface area contributed by atoms with Gasteiger partial charge in [0.05, 0.1) is 59.1 Å². The van der Waals surface area contributed by atoms with Crippen molar-refractivity contribution in [1.82, 2.24) is 34.3 Å². The summed E-state index contributed by atoms with van der Waals surface area (Å²) in [4.78, 5) is 147. The number of nitrogens with zero attached hydrogens (tertiary/aromatic N) is 7. The molecule has 27 nitrogen and oxygen atoms in total. The van der Waals surface area contributed by atoms with Gasteiger partial charge in [0.15, 0.2) is 22.4 Å². The van der Waals surface area contributed by atoms with Gasteiger partial charge in [0.25, 0.3) is 5.91 Å². The minimum atomic E-state index is -1.35. The first kappa shape index (κ1) is 61.6. The number of aryl methyl sites for hydroxylation is 4. The third-order valence-corrected chi connectivity index (χ3v) is 15.0. The molecule has 0 spiro atoms. The number of anilines is 1. The first-order valence-electron chi connectivity index (χ1n) is 26.1. The number of nitrogens with two attached hydrogens (primary N) is 2. The van der Waals surface area contributed by atoms with E-state index in [0.29, 0.717) is 40.0 Å². The lowest BCUT2D eigenvalue weighted by molar-refractivity contribution is -0.150. The molecule has 83 heavy (non-hydrogen) atoms. The number of imidazole rings is 1. The highest BCUT2D eigenvalue weighted by Crippen LogP contribution is 2.33. The van der Waals surface area contributed by atoms with Crippen molar-refractivity contribution in [3.8, 4) is 11.5 Å². The number of fused-ring (bicyclic) bond motifs is 2. The zero-order valence-corrected chi connectivity index (χ0v) is 48.0. The van der Waals surface area contributed by atoms with Crippen LogP contribution >= 0.6 is 23.1 Å². The molecule has 1 aliphatic rings. The SMILES string of the molecule is CCc1nc(C)oc1C(=O)N=c1sc2cc(C(N)=O)cc(OC)c2n1C/C=C/Cn1c(NC(=O)c2oc(C)nc2CC)nc2cc(C(N)=O)cc(OCCCOC(=O)[C@H](C)CC(=O)[C@H](CCC(=O)O)NC(=O)CN3C(=O)CC(SC)C3=O)c21. The van der Waals surface area contributed by atoms with E-state index in [1.54, 1.807) is 54.4 Å². The van der Waals surface area contributed by atoms with E-state index in [4.69, 9.17) is 34.5 Å². The molecule has 1 saturated heterocycles. The number of ether oxygens (including phenoxy) is 3. The number of Topliss-reactive ketones (excluding diaryl/α,β-unsaturated/α-hetero) is 1. The standard InChI is InChI=1S/C54H61N11O16S2/c1-8-31-45(80-27(4)57-31)49(73)61-53-60-34-20-29(47(55)71)22-37(78-17-12-18-79-52(76)26(3)19-35(66)33(13-14-42(69)70)59-40(67)25-65-41(68)24-39(82-7)51(65)75)43(34)63(53)15-10-11-16-64-44-36(77-6)21-30(48(56)72)23-38(44)83-54(64)62-50(74)46-32(9-2)58-28(5)81-46/h10-11,20-23,26,33,39H,8-9,12-19,24-25H2,1-7H3,(H2,55,71)(H2,56,72)(H,59,67)(H,69,70)(H,60,61,73)/b11-10+,62-54?/t26-,33+,39?/m1/s1. The molecule has 440 valence electrons. The Hall–Kier alpha value is -8.99. The van der Waals surface area contributed by atoms with Crippen molar-refractivity contribution in [2.45, 2.75) is 104 Å². The molecule has 6 aromatic rings. The zero-order chi connectivity index (χ0) is 60.4. The Morgan fingerprint density at radius 1 is 0.892 bits per heavy atom. The van der Waals surface area contributed by atoms with Gasteiger partial charge in [-0.2, -0.15) is 16.8 Å². The second kappa shape index (κ2) is 27.2. The zero-order valence-electron chi connectivity index (χ0n) is 46.4. The lowest BCUT2D eigenvalue weighted by atomic mass is 9.97. The summed E-state index contributed by atoms with van der Waals surface area (Å²) in [6.07, 6.45) is 4.61. The third kappa shape index (κ3) is 14.6. The van der Waals surface area contributed by atoms with E-state index in [1.807, 2.05) is 6.92 Å². The average Bonchev–Trinajstić information content (AvgIpc) is 2.76. The minimum Gasteiger partial charge on any atom is -0.494 e. The number of thioether (sulfide) groups is 1. The number of carbonyl (C=O) groups is 10. The van der Waals surface area contributed by atoms with Crippen LogP contribution in [0, 0.1) is 19.8 Å². The minimum absolute atomic E-state index is 0.00118. The van der Waals surface area contributed by atoms with Gasteiger partial charge >= 0.3 is 17.8 Å². The van der Waals surface area contributed by atoms with Gasteiger partial charge in [-0.3, -0.25) is 58.2 Å². The molecule has 0 saturated carbocycles. The summed E-state index contributed by atoms with van der Waals surface area (Å²) in [7, 11) is 1.42. The molecule has 7 rings (SSSR count). The van der Waals surface area contributed by atoms with Gasteiger partial charge in [-0.15, -0.1) is 0 Å². The van der Waals surface area contributed by atoms with Crippen LogP contribution in [0.3, 0.4) is 0 Å². The van der Waals surface area contributed by atoms with Crippen LogP contribution < -0.4 is 36.4 Å². The molecule has 5 heterocycles. The van der Waals surface area contributed by atoms with Gasteiger partial charge in [0.2, 0.25) is 47.0 Å². The van der Waals surface area contributed by atoms with Crippen LogP contribution in [-0.4, -0.2) is 138 Å². The molecule has 0 radical (unpaired) electrons. The van der Waals surface area contributed by atoms with Crippen LogP contribution in [0.5, 0.6) is 11.5 Å². The first-order valence-corrected chi connectivity index (χ1v) is 28.2. The van der Waals surface area contributed by atoms with Gasteiger partial charge in [0.1, 0.15) is 29.1 Å². The van der Waals surface area contributed by atoms with Gasteiger partial charge in [-0.1, -0.05) is 44.3 Å². The normalized spacial score (nSPS) is 14.4. The Morgan fingerprint density at radius 2 is 1.53 bits per heavy atom. The number of imide groups is 1. The van der Waals surface area contributed by atoms with Crippen LogP contribution in [0.25, 0.3) is 21.3 Å². The van der Waals surface area contributed by atoms with E-state index < -0.39 is 95.7 Å². The van der Waals surface area contributed by atoms with Gasteiger partial charge in [-0.05, 0) is 49.8 Å². The Bertz CT molecular complexity index is 3660. The quantitative estimate of drug-likeness (QED) is 0.0201. The van der Waals surface area contributed by atoms with Crippen molar-refractivity contribution >= 4 is 109 Å². The van der Waals surface area contributed by atoms with Gasteiger partial charge < -0.3 is 54.1 Å². The number of esters is 1. The van der Waals surface area contributed by atoms with Crippen molar-refractivity contribution in [1.29, 1.82) is 0 Å². The van der Waals surface area contributed by atoms with Crippen molar-refractivity contribution in [2.75, 3.05) is 38.4 Å². The fraction of sp³-hybridized carbons (Fsp3) is 0.407. The number of carboxylic acids is 1. The van der Waals surface area contributed by atoms with Crippen molar-refractivity contribution in [2.24, 2.45) is 22.4 Å². The number of ketones is 1. The number of likely N-dealkylation sites (tertiary alicyclic amines) is 1. The third-order valence-electron chi connectivity index (χ3n) is 13.0. The maximum absolute atomic E-state index is 13.9. The predicted octanol–water partition coefficient (Wildman–Crippen LogP) is 3.97. The second-order valence-electron chi connectivity index (χ2n) is 18.9. The Balaban J connectivity index is 1.12. The van der Waals surface area contributed by atoms with Gasteiger partial charge in [-0.25, -0.2) is 15.0 Å². The fourth-order valence-corrected chi connectivity index (χ4v) is 10.7. The second-order valence-corrected chi connectivity index (χ2v) is 21.0. The van der Waals surface area contributed by atoms with Gasteiger partial charge in [0, 0.05) is 63.7 Å². The number of allylic oxidation sites excluding steroid dienone is 2. The number of oxazole rings is 2. The van der Waals surface area contributed by atoms with Crippen LogP contribution in [0.15, 0.2) is 50.2 Å². The number of benzene rings is 2. The summed E-state index contributed by atoms with van der Waals surface area (Å²) in [6.45, 7) is 7.30. The highest BCUT2D eigenvalue weighted by Gasteiger charge is 2.39. The number of aromatic nitrogens is 5. The number of primary amides is 2. The molecule has 1 fully saturated rings. The monoisotopic (exact) mass is 1180 g/mol. The lowest BCUT2D eigenvalue weighted by Gasteiger charge is -2.21. The molecule has 1 aliphatic heterocycles. The molecule has 2 aromatic carbocycles. The molecule has 1 unspecified atom stereocenters. The largest absolute Gasteiger partial charge is 0.494 e. The first-order chi connectivity index (χ1) is 39.5. The Kier molecular flexibility index (Phi) is 20.2. The molecule has 29 heteroatoms. The number of hydrogen-bond donors (Lipinski definition) is 5. The van der Waals surface area contributed by atoms with Crippen LogP contribution in [0.4, 0.5) is 5.95 Å². The fourth-order valence-electron chi connectivity index (χ4n) is 8.95. The molecule has 7 N–H and O–H groups in total. The predicted molar refractivity (Wildman–Crippen MR) is 299 cm³/mol. The molecule has 3 atom stereocenters. The number of aliphatic carboxylic acids is 1. The maximum atomic E-state index is 13.9. The van der Waals surface area contributed by atoms with Crippen LogP contribution in [0.1, 0.15) is 118 Å². The molecular weight excluding hydrogens is 1120 g/mol. The summed E-state index contributed by atoms with van der Waals surface area (Å²) in [6, 6.07) is 4.50. The van der Waals surface area contributed by atoms with E-state index in [0.717, 1.165) is 28.0 Å². The summed E-state index contributed by atoms with van der Waals surface area (Å²) in [5, 5.41) is 13.9. The molecular formula is C54H61N11O16S2. The summed E-state index contributed by atoms with van der Waals surface area (Å²) in [5.41, 5.74) is 13.4. The number of carboxylic acid groups (broad SMARTS) is 1. The number of nitrogens with one attached hydrogen (secondary N) is 2. The number of hydrogen-bond acceptors (Lipinski definition) is 20. The molecule has 0 bridgehead atoms. The molecule has 0 aliphatic carbocycles. The number of thiazole rings is 1. The number of rotatable bonds is 28. The Morgan fingerprint density at radius 3 is 2.16 bits per heavy atom. The van der Waals surface area contributed by atoms with Crippen LogP contribution in [0.2, 0.25) is 0 Å². The van der Waals surface area contributed by atoms with E-state index in [2.05, 4.69) is 30.6 Å². The molecule has 4 aromatic heterocycles. The summed E-state index contributed by atoms with van der Waals surface area (Å²) >= 11 is 2.26. The maximum Gasteiger partial charge on any atom is 0.317 e. The highest BCUT2D eigenvalue weighted by molar-refractivity contribution is 8.00. The average molecular weight is 1180 g/mol. The summed E-state index contributed by atoms with van der Waals surface area (Å²) < 4.78 is 32.6. The van der Waals surface area contributed by atoms with E-state index in [-0.39, 0.29) is 108 Å². The van der Waals surface area contributed by atoms with Crippen molar-refractivity contribution in [3.05, 3.63) is 87.0 Å². The van der Waals surface area contributed by atoms with Crippen molar-refractivity contribution < 1.29 is 76.1 Å². The summed E-state index contributed by atoms with van der Waals surface area (Å²) in [5.74, 6) is -7.79.